The van der Waals surface area contributed by atoms with E-state index in [1.807, 2.05) is 50.4 Å². The second kappa shape index (κ2) is 6.30. The SMILES string of the molecule is Cc1noc(C)c1-c1ccc2nc(N3CC(N)C3)n3c2c1OC[C@@H]3c1ccccn1. The van der Waals surface area contributed by atoms with Crippen LogP contribution in [-0.2, 0) is 0 Å². The number of ether oxygens (including phenoxy) is 1. The number of pyridine rings is 1. The molecule has 2 N–H and O–H groups in total. The number of hydrogen-bond donors (Lipinski definition) is 1. The van der Waals surface area contributed by atoms with Gasteiger partial charge in [-0.1, -0.05) is 11.2 Å². The van der Waals surface area contributed by atoms with Gasteiger partial charge < -0.3 is 19.9 Å². The Bertz CT molecular complexity index is 1240. The van der Waals surface area contributed by atoms with Crippen molar-refractivity contribution in [2.45, 2.75) is 25.9 Å². The fourth-order valence-corrected chi connectivity index (χ4v) is 4.58. The number of rotatable bonds is 3. The first-order chi connectivity index (χ1) is 14.6. The van der Waals surface area contributed by atoms with Crippen LogP contribution in [0.1, 0.15) is 23.2 Å². The molecule has 8 heteroatoms. The average Bonchev–Trinajstić information content (AvgIpc) is 3.28. The molecular weight excluding hydrogens is 380 g/mol. The summed E-state index contributed by atoms with van der Waals surface area (Å²) in [5.74, 6) is 2.51. The number of aryl methyl sites for hydroxylation is 2. The van der Waals surface area contributed by atoms with E-state index in [1.54, 1.807) is 0 Å². The summed E-state index contributed by atoms with van der Waals surface area (Å²) in [7, 11) is 0. The van der Waals surface area contributed by atoms with E-state index in [2.05, 4.69) is 19.6 Å². The van der Waals surface area contributed by atoms with E-state index >= 15 is 0 Å². The van der Waals surface area contributed by atoms with Crippen molar-refractivity contribution < 1.29 is 9.26 Å². The first-order valence-corrected chi connectivity index (χ1v) is 10.1. The Morgan fingerprint density at radius 3 is 2.70 bits per heavy atom. The summed E-state index contributed by atoms with van der Waals surface area (Å²) in [6.45, 7) is 5.95. The average molecular weight is 402 g/mol. The summed E-state index contributed by atoms with van der Waals surface area (Å²) in [5, 5.41) is 4.13. The number of nitrogens with zero attached hydrogens (tertiary/aromatic N) is 5. The molecule has 30 heavy (non-hydrogen) atoms. The molecular formula is C22H22N6O2. The van der Waals surface area contributed by atoms with E-state index in [-0.39, 0.29) is 12.1 Å². The number of benzene rings is 1. The first-order valence-electron chi connectivity index (χ1n) is 10.1. The minimum Gasteiger partial charge on any atom is -0.488 e. The Balaban J connectivity index is 1.62. The number of nitrogens with two attached hydrogens (primary N) is 1. The van der Waals surface area contributed by atoms with Crippen molar-refractivity contribution in [2.75, 3.05) is 24.6 Å². The molecule has 3 aromatic heterocycles. The second-order valence-electron chi connectivity index (χ2n) is 8.04. The topological polar surface area (TPSA) is 95.2 Å². The zero-order valence-electron chi connectivity index (χ0n) is 16.9. The fourth-order valence-electron chi connectivity index (χ4n) is 4.58. The minimum absolute atomic E-state index is 0.0598. The largest absolute Gasteiger partial charge is 0.488 e. The van der Waals surface area contributed by atoms with Gasteiger partial charge in [0.25, 0.3) is 0 Å². The Morgan fingerprint density at radius 2 is 2.00 bits per heavy atom. The molecule has 152 valence electrons. The van der Waals surface area contributed by atoms with Gasteiger partial charge in [-0.3, -0.25) is 9.55 Å². The van der Waals surface area contributed by atoms with Crippen molar-refractivity contribution >= 4 is 17.0 Å². The number of anilines is 1. The molecule has 0 unspecified atom stereocenters. The van der Waals surface area contributed by atoms with Crippen LogP contribution in [-0.4, -0.2) is 45.4 Å². The van der Waals surface area contributed by atoms with Crippen LogP contribution in [0.4, 0.5) is 5.95 Å². The summed E-state index contributed by atoms with van der Waals surface area (Å²) in [6.07, 6.45) is 1.82. The summed E-state index contributed by atoms with van der Waals surface area (Å²) < 4.78 is 14.1. The molecule has 4 aromatic rings. The highest BCUT2D eigenvalue weighted by Crippen LogP contribution is 2.46. The minimum atomic E-state index is -0.0598. The Labute approximate surface area is 173 Å². The van der Waals surface area contributed by atoms with E-state index in [9.17, 15) is 0 Å². The molecule has 1 fully saturated rings. The molecule has 0 amide bonds. The lowest BCUT2D eigenvalue weighted by molar-refractivity contribution is 0.257. The highest BCUT2D eigenvalue weighted by Gasteiger charge is 2.36. The molecule has 2 aliphatic rings. The van der Waals surface area contributed by atoms with Gasteiger partial charge in [0, 0.05) is 30.9 Å². The van der Waals surface area contributed by atoms with E-state index < -0.39 is 0 Å². The standard InChI is InChI=1S/C22H22N6O2/c1-12-19(13(2)30-26-12)15-6-7-17-20-21(15)29-11-18(16-5-3-4-8-24-16)28(20)22(25-17)27-9-14(23)10-27/h3-8,14,18H,9-11,23H2,1-2H3/t18-/m1/s1. The van der Waals surface area contributed by atoms with Gasteiger partial charge in [0.2, 0.25) is 5.95 Å². The van der Waals surface area contributed by atoms with Gasteiger partial charge in [-0.05, 0) is 38.1 Å². The summed E-state index contributed by atoms with van der Waals surface area (Å²) in [4.78, 5) is 11.8. The first kappa shape index (κ1) is 17.5. The Kier molecular flexibility index (Phi) is 3.67. The molecule has 2 aliphatic heterocycles. The molecule has 1 atom stereocenters. The third-order valence-corrected chi connectivity index (χ3v) is 6.01. The van der Waals surface area contributed by atoms with E-state index in [1.165, 1.54) is 0 Å². The predicted octanol–water partition coefficient (Wildman–Crippen LogP) is 2.83. The maximum Gasteiger partial charge on any atom is 0.207 e. The molecule has 5 heterocycles. The van der Waals surface area contributed by atoms with E-state index in [0.717, 1.165) is 64.1 Å². The molecule has 1 aromatic carbocycles. The van der Waals surface area contributed by atoms with Crippen LogP contribution in [0.5, 0.6) is 5.75 Å². The molecule has 0 bridgehead atoms. The summed E-state index contributed by atoms with van der Waals surface area (Å²) >= 11 is 0. The molecule has 8 nitrogen and oxygen atoms in total. The van der Waals surface area contributed by atoms with Gasteiger partial charge >= 0.3 is 0 Å². The molecule has 6 rings (SSSR count). The van der Waals surface area contributed by atoms with Crippen LogP contribution >= 0.6 is 0 Å². The lowest BCUT2D eigenvalue weighted by Crippen LogP contribution is -2.57. The molecule has 1 saturated heterocycles. The zero-order chi connectivity index (χ0) is 20.4. The monoisotopic (exact) mass is 402 g/mol. The summed E-state index contributed by atoms with van der Waals surface area (Å²) in [6, 6.07) is 10.2. The maximum absolute atomic E-state index is 6.38. The smallest absolute Gasteiger partial charge is 0.207 e. The highest BCUT2D eigenvalue weighted by molar-refractivity contribution is 5.94. The number of hydrogen-bond acceptors (Lipinski definition) is 7. The third kappa shape index (κ3) is 2.40. The maximum atomic E-state index is 6.38. The second-order valence-corrected chi connectivity index (χ2v) is 8.04. The molecule has 0 spiro atoms. The van der Waals surface area contributed by atoms with Crippen LogP contribution in [0.2, 0.25) is 0 Å². The Hall–Kier alpha value is -3.39. The Morgan fingerprint density at radius 1 is 1.13 bits per heavy atom. The van der Waals surface area contributed by atoms with Gasteiger partial charge in [0.05, 0.1) is 22.5 Å². The normalized spacial score (nSPS) is 18.5. The van der Waals surface area contributed by atoms with Gasteiger partial charge in [-0.15, -0.1) is 0 Å². The van der Waals surface area contributed by atoms with Crippen molar-refractivity contribution in [1.29, 1.82) is 0 Å². The highest BCUT2D eigenvalue weighted by atomic mass is 16.5. The van der Waals surface area contributed by atoms with Crippen LogP contribution in [0, 0.1) is 13.8 Å². The summed E-state index contributed by atoms with van der Waals surface area (Å²) in [5.41, 5.74) is 11.7. The van der Waals surface area contributed by atoms with Crippen molar-refractivity contribution in [3.63, 3.8) is 0 Å². The fraction of sp³-hybridized carbons (Fsp3) is 0.318. The number of imidazole rings is 1. The predicted molar refractivity (Wildman–Crippen MR) is 113 cm³/mol. The lowest BCUT2D eigenvalue weighted by atomic mass is 10.0. The van der Waals surface area contributed by atoms with Gasteiger partial charge in [-0.2, -0.15) is 0 Å². The number of aromatic nitrogens is 4. The molecule has 0 saturated carbocycles. The van der Waals surface area contributed by atoms with Crippen molar-refractivity contribution in [1.82, 2.24) is 19.7 Å². The van der Waals surface area contributed by atoms with Gasteiger partial charge in [-0.25, -0.2) is 4.98 Å². The lowest BCUT2D eigenvalue weighted by Gasteiger charge is -2.39. The van der Waals surface area contributed by atoms with Gasteiger partial charge in [0.1, 0.15) is 23.9 Å². The van der Waals surface area contributed by atoms with Gasteiger partial charge in [0.15, 0.2) is 5.75 Å². The van der Waals surface area contributed by atoms with Crippen LogP contribution in [0.3, 0.4) is 0 Å². The van der Waals surface area contributed by atoms with Crippen LogP contribution in [0.15, 0.2) is 41.1 Å². The van der Waals surface area contributed by atoms with Crippen molar-refractivity contribution in [3.8, 4) is 16.9 Å². The zero-order valence-corrected chi connectivity index (χ0v) is 16.9. The van der Waals surface area contributed by atoms with E-state index in [0.29, 0.717) is 6.61 Å². The van der Waals surface area contributed by atoms with Crippen molar-refractivity contribution in [3.05, 3.63) is 53.7 Å². The molecule has 0 radical (unpaired) electrons. The quantitative estimate of drug-likeness (QED) is 0.563. The van der Waals surface area contributed by atoms with Crippen LogP contribution < -0.4 is 15.4 Å². The van der Waals surface area contributed by atoms with E-state index in [4.69, 9.17) is 20.0 Å². The molecule has 0 aliphatic carbocycles. The third-order valence-electron chi connectivity index (χ3n) is 6.01. The van der Waals surface area contributed by atoms with Crippen molar-refractivity contribution in [2.24, 2.45) is 5.73 Å². The van der Waals surface area contributed by atoms with Crippen LogP contribution in [0.25, 0.3) is 22.2 Å².